The van der Waals surface area contributed by atoms with E-state index in [0.29, 0.717) is 12.8 Å². The molecule has 148 valence electrons. The molecule has 1 saturated carbocycles. The monoisotopic (exact) mass is 369 g/mol. The molecule has 1 aliphatic carbocycles. The predicted octanol–water partition coefficient (Wildman–Crippen LogP) is 4.24. The summed E-state index contributed by atoms with van der Waals surface area (Å²) in [6.45, 7) is 7.83. The van der Waals surface area contributed by atoms with E-state index in [4.69, 9.17) is 4.99 Å². The minimum absolute atomic E-state index is 0.00130. The highest BCUT2D eigenvalue weighted by molar-refractivity contribution is 6.08. The van der Waals surface area contributed by atoms with Crippen LogP contribution < -0.4 is 0 Å². The molecule has 2 heterocycles. The molecule has 1 amide bonds. The molecule has 1 spiro atoms. The van der Waals surface area contributed by atoms with E-state index in [1.165, 1.54) is 0 Å². The first kappa shape index (κ1) is 19.7. The van der Waals surface area contributed by atoms with Crippen LogP contribution in [0.15, 0.2) is 4.99 Å². The number of halogens is 2. The zero-order chi connectivity index (χ0) is 18.9. The van der Waals surface area contributed by atoms with Crippen molar-refractivity contribution in [1.29, 1.82) is 0 Å². The van der Waals surface area contributed by atoms with Crippen LogP contribution in [-0.4, -0.2) is 58.2 Å². The van der Waals surface area contributed by atoms with E-state index in [-0.39, 0.29) is 30.8 Å². The molecule has 26 heavy (non-hydrogen) atoms. The molecule has 3 aliphatic rings. The fourth-order valence-corrected chi connectivity index (χ4v) is 4.71. The molecule has 3 rings (SSSR count). The predicted molar refractivity (Wildman–Crippen MR) is 99.7 cm³/mol. The summed E-state index contributed by atoms with van der Waals surface area (Å²) in [4.78, 5) is 22.3. The van der Waals surface area contributed by atoms with Crippen molar-refractivity contribution in [2.45, 2.75) is 102 Å². The highest BCUT2D eigenvalue weighted by atomic mass is 19.3. The summed E-state index contributed by atoms with van der Waals surface area (Å²) >= 11 is 0. The van der Waals surface area contributed by atoms with Gasteiger partial charge in [-0.25, -0.2) is 8.78 Å². The summed E-state index contributed by atoms with van der Waals surface area (Å²) in [5.41, 5.74) is -0.595. The first-order valence-corrected chi connectivity index (χ1v) is 10.3. The maximum absolute atomic E-state index is 13.4. The van der Waals surface area contributed by atoms with Gasteiger partial charge in [0, 0.05) is 44.4 Å². The molecule has 6 heteroatoms. The largest absolute Gasteiger partial charge is 0.300 e. The maximum Gasteiger partial charge on any atom is 0.256 e. The fraction of sp³-hybridized carbons (Fsp3) is 0.900. The van der Waals surface area contributed by atoms with Gasteiger partial charge in [0.05, 0.1) is 0 Å². The normalized spacial score (nSPS) is 26.8. The molecule has 0 aromatic heterocycles. The van der Waals surface area contributed by atoms with Gasteiger partial charge in [-0.05, 0) is 46.0 Å². The zero-order valence-electron chi connectivity index (χ0n) is 16.4. The summed E-state index contributed by atoms with van der Waals surface area (Å²) in [5.74, 6) is -1.36. The molecule has 0 N–H and O–H groups in total. The SMILES string of the molecule is CCCCC1=NC2(CCN(C3CCC(F)(F)CC3)CC2)C(=O)N1C(C)C. The Morgan fingerprint density at radius 3 is 2.31 bits per heavy atom. The van der Waals surface area contributed by atoms with Gasteiger partial charge in [0.1, 0.15) is 11.4 Å². The van der Waals surface area contributed by atoms with E-state index >= 15 is 0 Å². The lowest BCUT2D eigenvalue weighted by molar-refractivity contribution is -0.134. The Kier molecular flexibility index (Phi) is 5.71. The van der Waals surface area contributed by atoms with Gasteiger partial charge in [-0.1, -0.05) is 13.3 Å². The van der Waals surface area contributed by atoms with Crippen LogP contribution >= 0.6 is 0 Å². The van der Waals surface area contributed by atoms with Crippen LogP contribution in [0.25, 0.3) is 0 Å². The summed E-state index contributed by atoms with van der Waals surface area (Å²) < 4.78 is 26.8. The third-order valence-electron chi connectivity index (χ3n) is 6.34. The van der Waals surface area contributed by atoms with Crippen LogP contribution in [-0.2, 0) is 4.79 Å². The third kappa shape index (κ3) is 3.80. The van der Waals surface area contributed by atoms with Crippen LogP contribution in [0.2, 0.25) is 0 Å². The second-order valence-electron chi connectivity index (χ2n) is 8.56. The standard InChI is InChI=1S/C20H33F2N3O/c1-4-5-6-17-23-19(18(26)25(17)15(2)3)11-13-24(14-12-19)16-7-9-20(21,22)10-8-16/h15-16H,4-14H2,1-3H3. The van der Waals surface area contributed by atoms with Crippen LogP contribution in [0.5, 0.6) is 0 Å². The first-order chi connectivity index (χ1) is 12.3. The number of carbonyl (C=O) groups is 1. The van der Waals surface area contributed by atoms with Gasteiger partial charge >= 0.3 is 0 Å². The van der Waals surface area contributed by atoms with Gasteiger partial charge < -0.3 is 4.90 Å². The maximum atomic E-state index is 13.4. The summed E-state index contributed by atoms with van der Waals surface area (Å²) in [5, 5.41) is 0. The molecule has 4 nitrogen and oxygen atoms in total. The molecular formula is C20H33F2N3O. The summed E-state index contributed by atoms with van der Waals surface area (Å²) in [6.07, 6.45) is 5.57. The van der Waals surface area contributed by atoms with Crippen molar-refractivity contribution >= 4 is 11.7 Å². The highest BCUT2D eigenvalue weighted by Crippen LogP contribution is 2.39. The first-order valence-electron chi connectivity index (χ1n) is 10.3. The van der Waals surface area contributed by atoms with E-state index in [9.17, 15) is 13.6 Å². The lowest BCUT2D eigenvalue weighted by Gasteiger charge is -2.42. The van der Waals surface area contributed by atoms with E-state index in [0.717, 1.165) is 51.0 Å². The Bertz CT molecular complexity index is 543. The van der Waals surface area contributed by atoms with Gasteiger partial charge in [-0.3, -0.25) is 14.7 Å². The van der Waals surface area contributed by atoms with Gasteiger partial charge in [0.25, 0.3) is 5.91 Å². The van der Waals surface area contributed by atoms with Crippen LogP contribution in [0, 0.1) is 0 Å². The van der Waals surface area contributed by atoms with Crippen LogP contribution in [0.1, 0.15) is 78.6 Å². The smallest absolute Gasteiger partial charge is 0.256 e. The Balaban J connectivity index is 1.65. The number of likely N-dealkylation sites (tertiary alicyclic amines) is 1. The lowest BCUT2D eigenvalue weighted by Crippen LogP contribution is -2.54. The number of carbonyl (C=O) groups excluding carboxylic acids is 1. The number of unbranched alkanes of at least 4 members (excludes halogenated alkanes) is 1. The molecule has 0 aromatic carbocycles. The number of hydrogen-bond acceptors (Lipinski definition) is 3. The van der Waals surface area contributed by atoms with Gasteiger partial charge in [-0.2, -0.15) is 0 Å². The second kappa shape index (κ2) is 7.53. The third-order valence-corrected chi connectivity index (χ3v) is 6.34. The van der Waals surface area contributed by atoms with E-state index in [2.05, 4.69) is 25.7 Å². The zero-order valence-corrected chi connectivity index (χ0v) is 16.4. The van der Waals surface area contributed by atoms with Gasteiger partial charge in [-0.15, -0.1) is 0 Å². The van der Waals surface area contributed by atoms with Crippen LogP contribution in [0.4, 0.5) is 8.78 Å². The number of alkyl halides is 2. The topological polar surface area (TPSA) is 35.9 Å². The number of hydrogen-bond donors (Lipinski definition) is 0. The Hall–Kier alpha value is -1.04. The quantitative estimate of drug-likeness (QED) is 0.727. The number of rotatable bonds is 5. The minimum atomic E-state index is -2.48. The summed E-state index contributed by atoms with van der Waals surface area (Å²) in [7, 11) is 0. The molecule has 2 aliphatic heterocycles. The van der Waals surface area contributed by atoms with Gasteiger partial charge in [0.2, 0.25) is 5.92 Å². The molecule has 1 saturated heterocycles. The van der Waals surface area contributed by atoms with Gasteiger partial charge in [0.15, 0.2) is 0 Å². The molecule has 0 unspecified atom stereocenters. The summed E-state index contributed by atoms with van der Waals surface area (Å²) in [6, 6.07) is 0.379. The average molecular weight is 370 g/mol. The molecular weight excluding hydrogens is 336 g/mol. The molecule has 0 atom stereocenters. The lowest BCUT2D eigenvalue weighted by atomic mass is 9.84. The van der Waals surface area contributed by atoms with E-state index < -0.39 is 11.5 Å². The minimum Gasteiger partial charge on any atom is -0.300 e. The Morgan fingerprint density at radius 1 is 1.15 bits per heavy atom. The number of amidine groups is 1. The Labute approximate surface area is 156 Å². The van der Waals surface area contributed by atoms with Crippen molar-refractivity contribution in [2.24, 2.45) is 4.99 Å². The Morgan fingerprint density at radius 2 is 1.77 bits per heavy atom. The van der Waals surface area contributed by atoms with E-state index in [1.807, 2.05) is 4.90 Å². The number of amides is 1. The van der Waals surface area contributed by atoms with Crippen molar-refractivity contribution in [3.8, 4) is 0 Å². The molecule has 2 fully saturated rings. The van der Waals surface area contributed by atoms with Crippen LogP contribution in [0.3, 0.4) is 0 Å². The second-order valence-corrected chi connectivity index (χ2v) is 8.56. The van der Waals surface area contributed by atoms with Crippen molar-refractivity contribution in [3.63, 3.8) is 0 Å². The van der Waals surface area contributed by atoms with Crippen molar-refractivity contribution in [3.05, 3.63) is 0 Å². The van der Waals surface area contributed by atoms with E-state index in [1.54, 1.807) is 0 Å². The fourth-order valence-electron chi connectivity index (χ4n) is 4.71. The van der Waals surface area contributed by atoms with Crippen molar-refractivity contribution in [1.82, 2.24) is 9.80 Å². The van der Waals surface area contributed by atoms with Crippen molar-refractivity contribution in [2.75, 3.05) is 13.1 Å². The number of aliphatic imine (C=N–C) groups is 1. The number of nitrogens with zero attached hydrogens (tertiary/aromatic N) is 3. The highest BCUT2D eigenvalue weighted by Gasteiger charge is 2.51. The average Bonchev–Trinajstić information content (AvgIpc) is 2.86. The molecule has 0 bridgehead atoms. The molecule has 0 radical (unpaired) electrons. The molecule has 0 aromatic rings. The van der Waals surface area contributed by atoms with Crippen molar-refractivity contribution < 1.29 is 13.6 Å². The number of piperidine rings is 1.